The van der Waals surface area contributed by atoms with Gasteiger partial charge in [-0.25, -0.2) is 0 Å². The van der Waals surface area contributed by atoms with Crippen molar-refractivity contribution in [3.8, 4) is 11.8 Å². The number of carbonyl (C=O) groups is 1. The Hall–Kier alpha value is -2.65. The fourth-order valence-electron chi connectivity index (χ4n) is 2.72. The molecule has 0 aromatic heterocycles. The number of halogens is 1. The minimum absolute atomic E-state index is 0.0117. The fraction of sp³-hybridized carbons (Fsp3) is 0.333. The number of hydrogen-bond acceptors (Lipinski definition) is 5. The quantitative estimate of drug-likeness (QED) is 0.835. The second-order valence-electron chi connectivity index (χ2n) is 5.76. The molecule has 6 nitrogen and oxygen atoms in total. The Bertz CT molecular complexity index is 787. The smallest absolute Gasteiger partial charge is 0.274 e. The number of amides is 1. The van der Waals surface area contributed by atoms with Gasteiger partial charge in [0, 0.05) is 50.8 Å². The summed E-state index contributed by atoms with van der Waals surface area (Å²) >= 11 is 6.02. The molecular formula is C18H17ClN4O2. The Balaban J connectivity index is 1.56. The van der Waals surface area contributed by atoms with Gasteiger partial charge in [-0.05, 0) is 12.1 Å². The van der Waals surface area contributed by atoms with E-state index < -0.39 is 0 Å². The zero-order valence-electron chi connectivity index (χ0n) is 13.6. The lowest BCUT2D eigenvalue weighted by Crippen LogP contribution is -2.42. The largest absolute Gasteiger partial charge is 0.490 e. The summed E-state index contributed by atoms with van der Waals surface area (Å²) in [7, 11) is 0. The van der Waals surface area contributed by atoms with E-state index in [9.17, 15) is 4.79 Å². The van der Waals surface area contributed by atoms with Gasteiger partial charge in [-0.1, -0.05) is 11.6 Å². The average Bonchev–Trinajstić information content (AvgIpc) is 2.91. The van der Waals surface area contributed by atoms with E-state index in [1.807, 2.05) is 6.07 Å². The van der Waals surface area contributed by atoms with Gasteiger partial charge in [0.25, 0.3) is 5.91 Å². The molecular weight excluding hydrogens is 340 g/mol. The molecule has 2 aliphatic heterocycles. The maximum absolute atomic E-state index is 12.5. The van der Waals surface area contributed by atoms with Crippen molar-refractivity contribution in [3.63, 3.8) is 0 Å². The molecule has 1 fully saturated rings. The van der Waals surface area contributed by atoms with E-state index in [1.54, 1.807) is 35.5 Å². The van der Waals surface area contributed by atoms with Crippen LogP contribution in [0.25, 0.3) is 0 Å². The predicted molar refractivity (Wildman–Crippen MR) is 96.1 cm³/mol. The van der Waals surface area contributed by atoms with E-state index in [-0.39, 0.29) is 12.0 Å². The van der Waals surface area contributed by atoms with E-state index in [0.717, 1.165) is 12.8 Å². The van der Waals surface area contributed by atoms with Crippen LogP contribution in [-0.2, 0) is 4.79 Å². The third kappa shape index (κ3) is 4.25. The van der Waals surface area contributed by atoms with Gasteiger partial charge >= 0.3 is 0 Å². The fourth-order valence-corrected chi connectivity index (χ4v) is 2.93. The molecule has 1 aromatic carbocycles. The number of nitriles is 1. The van der Waals surface area contributed by atoms with Crippen LogP contribution in [0.2, 0.25) is 5.02 Å². The number of piperidine rings is 1. The molecule has 0 N–H and O–H groups in total. The molecule has 0 radical (unpaired) electrons. The predicted octanol–water partition coefficient (Wildman–Crippen LogP) is 2.97. The van der Waals surface area contributed by atoms with Crippen molar-refractivity contribution in [1.82, 2.24) is 4.90 Å². The molecule has 1 aromatic rings. The molecule has 128 valence electrons. The summed E-state index contributed by atoms with van der Waals surface area (Å²) < 4.78 is 5.93. The van der Waals surface area contributed by atoms with Crippen molar-refractivity contribution < 1.29 is 9.53 Å². The Morgan fingerprint density at radius 1 is 1.32 bits per heavy atom. The molecule has 3 rings (SSSR count). The van der Waals surface area contributed by atoms with Crippen molar-refractivity contribution >= 4 is 29.9 Å². The second-order valence-corrected chi connectivity index (χ2v) is 6.16. The van der Waals surface area contributed by atoms with Crippen LogP contribution >= 0.6 is 11.6 Å². The maximum atomic E-state index is 12.5. The number of carbonyl (C=O) groups excluding carboxylic acids is 1. The third-order valence-electron chi connectivity index (χ3n) is 4.06. The van der Waals surface area contributed by atoms with Gasteiger partial charge in [0.15, 0.2) is 0 Å². The Kier molecular flexibility index (Phi) is 5.46. The van der Waals surface area contributed by atoms with Crippen molar-refractivity contribution in [1.29, 1.82) is 5.26 Å². The number of aliphatic imine (C=N–C) groups is 2. The Morgan fingerprint density at radius 2 is 2.12 bits per heavy atom. The highest BCUT2D eigenvalue weighted by atomic mass is 35.5. The Labute approximate surface area is 151 Å². The SMILES string of the molecule is N#Cc1ccc(OC2CCN(C(=O)C3=CN=CCC=N3)CC2)cc1Cl. The molecule has 0 saturated carbocycles. The number of hydrogen-bond donors (Lipinski definition) is 0. The zero-order chi connectivity index (χ0) is 17.6. The Morgan fingerprint density at radius 3 is 2.84 bits per heavy atom. The molecule has 2 aliphatic rings. The van der Waals surface area contributed by atoms with Crippen LogP contribution in [0.5, 0.6) is 5.75 Å². The van der Waals surface area contributed by atoms with Crippen molar-refractivity contribution in [2.24, 2.45) is 9.98 Å². The summed E-state index contributed by atoms with van der Waals surface area (Å²) in [5.74, 6) is 0.536. The van der Waals surface area contributed by atoms with E-state index in [2.05, 4.69) is 9.98 Å². The lowest BCUT2D eigenvalue weighted by molar-refractivity contribution is -0.128. The van der Waals surface area contributed by atoms with E-state index in [0.29, 0.717) is 41.5 Å². The van der Waals surface area contributed by atoms with Gasteiger partial charge in [-0.15, -0.1) is 0 Å². The first-order chi connectivity index (χ1) is 12.2. The van der Waals surface area contributed by atoms with Gasteiger partial charge in [-0.3, -0.25) is 14.8 Å². The average molecular weight is 357 g/mol. The van der Waals surface area contributed by atoms with Crippen LogP contribution in [0.4, 0.5) is 0 Å². The van der Waals surface area contributed by atoms with E-state index in [1.165, 1.54) is 6.20 Å². The number of nitrogens with zero attached hydrogens (tertiary/aromatic N) is 4. The van der Waals surface area contributed by atoms with Crippen LogP contribution in [0.3, 0.4) is 0 Å². The number of benzene rings is 1. The van der Waals surface area contributed by atoms with Gasteiger partial charge < -0.3 is 9.64 Å². The van der Waals surface area contributed by atoms with Crippen LogP contribution < -0.4 is 4.74 Å². The molecule has 0 bridgehead atoms. The van der Waals surface area contributed by atoms with Crippen molar-refractivity contribution in [2.45, 2.75) is 25.4 Å². The molecule has 1 amide bonds. The molecule has 25 heavy (non-hydrogen) atoms. The second kappa shape index (κ2) is 7.95. The highest BCUT2D eigenvalue weighted by Gasteiger charge is 2.26. The molecule has 0 spiro atoms. The number of ether oxygens (including phenoxy) is 1. The standard InChI is InChI=1S/C18H17ClN4O2/c19-16-10-15(3-2-13(16)11-20)25-14-4-8-23(9-5-14)18(24)17-12-21-6-1-7-22-17/h2-3,6-7,10,12,14H,1,4-5,8-9H2. The van der Waals surface area contributed by atoms with Gasteiger partial charge in [-0.2, -0.15) is 5.26 Å². The van der Waals surface area contributed by atoms with Crippen LogP contribution in [0.15, 0.2) is 40.1 Å². The summed E-state index contributed by atoms with van der Waals surface area (Å²) in [6.07, 6.45) is 7.01. The normalized spacial score (nSPS) is 17.6. The van der Waals surface area contributed by atoms with Crippen LogP contribution in [0, 0.1) is 11.3 Å². The first-order valence-electron chi connectivity index (χ1n) is 8.07. The molecule has 7 heteroatoms. The monoisotopic (exact) mass is 356 g/mol. The van der Waals surface area contributed by atoms with Crippen LogP contribution in [-0.4, -0.2) is 42.4 Å². The number of likely N-dealkylation sites (tertiary alicyclic amines) is 1. The minimum Gasteiger partial charge on any atom is -0.490 e. The molecule has 1 saturated heterocycles. The highest BCUT2D eigenvalue weighted by Crippen LogP contribution is 2.25. The van der Waals surface area contributed by atoms with Gasteiger partial charge in [0.2, 0.25) is 0 Å². The third-order valence-corrected chi connectivity index (χ3v) is 4.37. The first kappa shape index (κ1) is 17.2. The first-order valence-corrected chi connectivity index (χ1v) is 8.45. The summed E-state index contributed by atoms with van der Waals surface area (Å²) in [6, 6.07) is 7.06. The summed E-state index contributed by atoms with van der Waals surface area (Å²) in [6.45, 7) is 1.20. The zero-order valence-corrected chi connectivity index (χ0v) is 14.3. The minimum atomic E-state index is -0.102. The molecule has 0 aliphatic carbocycles. The van der Waals surface area contributed by atoms with Crippen molar-refractivity contribution in [2.75, 3.05) is 13.1 Å². The van der Waals surface area contributed by atoms with Crippen LogP contribution in [0.1, 0.15) is 24.8 Å². The lowest BCUT2D eigenvalue weighted by atomic mass is 10.1. The maximum Gasteiger partial charge on any atom is 0.274 e. The van der Waals surface area contributed by atoms with E-state index >= 15 is 0 Å². The summed E-state index contributed by atoms with van der Waals surface area (Å²) in [4.78, 5) is 22.4. The van der Waals surface area contributed by atoms with Crippen molar-refractivity contribution in [3.05, 3.63) is 40.7 Å². The molecule has 2 heterocycles. The highest BCUT2D eigenvalue weighted by molar-refractivity contribution is 6.31. The topological polar surface area (TPSA) is 78.0 Å². The lowest BCUT2D eigenvalue weighted by Gasteiger charge is -2.32. The van der Waals surface area contributed by atoms with Gasteiger partial charge in [0.1, 0.15) is 23.6 Å². The summed E-state index contributed by atoms with van der Waals surface area (Å²) in [5.41, 5.74) is 0.793. The number of rotatable bonds is 3. The summed E-state index contributed by atoms with van der Waals surface area (Å²) in [5, 5.41) is 9.28. The van der Waals surface area contributed by atoms with E-state index in [4.69, 9.17) is 21.6 Å². The molecule has 0 unspecified atom stereocenters. The van der Waals surface area contributed by atoms with Gasteiger partial charge in [0.05, 0.1) is 16.8 Å². The molecule has 0 atom stereocenters.